The van der Waals surface area contributed by atoms with Crippen LogP contribution < -0.4 is 4.90 Å². The maximum absolute atomic E-state index is 11.7. The summed E-state index contributed by atoms with van der Waals surface area (Å²) in [5.74, 6) is -0.755. The summed E-state index contributed by atoms with van der Waals surface area (Å²) in [7, 11) is 0. The predicted molar refractivity (Wildman–Crippen MR) is 59.9 cm³/mol. The molecule has 0 saturated carbocycles. The van der Waals surface area contributed by atoms with Crippen molar-refractivity contribution in [1.29, 1.82) is 0 Å². The second-order valence-electron chi connectivity index (χ2n) is 3.98. The van der Waals surface area contributed by atoms with Crippen molar-refractivity contribution in [1.82, 2.24) is 9.97 Å². The number of carboxylic acids is 1. The summed E-state index contributed by atoms with van der Waals surface area (Å²) in [4.78, 5) is 32.0. The number of anilines is 1. The molecule has 2 heterocycles. The fraction of sp³-hybridized carbons (Fsp3) is 0.455. The van der Waals surface area contributed by atoms with Crippen LogP contribution in [0.3, 0.4) is 0 Å². The van der Waals surface area contributed by atoms with E-state index < -0.39 is 5.97 Å². The average Bonchev–Trinajstić information content (AvgIpc) is 2.29. The fourth-order valence-electron chi connectivity index (χ4n) is 1.81. The third-order valence-corrected chi connectivity index (χ3v) is 2.76. The first kappa shape index (κ1) is 11.5. The lowest BCUT2D eigenvalue weighted by atomic mass is 10.1. The Morgan fingerprint density at radius 1 is 1.47 bits per heavy atom. The van der Waals surface area contributed by atoms with E-state index in [1.54, 1.807) is 6.92 Å². The van der Waals surface area contributed by atoms with E-state index in [1.807, 2.05) is 0 Å². The number of rotatable bonds is 2. The van der Waals surface area contributed by atoms with Crippen LogP contribution in [0.25, 0.3) is 0 Å². The minimum absolute atomic E-state index is 0.00118. The molecule has 1 N–H and O–H groups in total. The Kier molecular flexibility index (Phi) is 3.03. The normalized spacial score (nSPS) is 16.1. The number of carbonyl (C=O) groups is 2. The number of nitrogens with zero attached hydrogens (tertiary/aromatic N) is 3. The Morgan fingerprint density at radius 2 is 2.24 bits per heavy atom. The van der Waals surface area contributed by atoms with Crippen molar-refractivity contribution in [2.75, 3.05) is 11.4 Å². The number of hydrogen-bond donors (Lipinski definition) is 1. The van der Waals surface area contributed by atoms with Crippen LogP contribution in [0, 0.1) is 6.92 Å². The molecule has 1 aromatic heterocycles. The fourth-order valence-corrected chi connectivity index (χ4v) is 1.81. The molecule has 1 fully saturated rings. The van der Waals surface area contributed by atoms with E-state index in [-0.39, 0.29) is 11.5 Å². The summed E-state index contributed by atoms with van der Waals surface area (Å²) < 4.78 is 0. The van der Waals surface area contributed by atoms with Gasteiger partial charge in [0.05, 0.1) is 11.3 Å². The van der Waals surface area contributed by atoms with Gasteiger partial charge in [0.1, 0.15) is 0 Å². The molecule has 90 valence electrons. The molecule has 1 aliphatic rings. The Labute approximate surface area is 98.3 Å². The molecule has 17 heavy (non-hydrogen) atoms. The first-order valence-electron chi connectivity index (χ1n) is 5.47. The Bertz CT molecular complexity index is 473. The maximum Gasteiger partial charge on any atom is 0.339 e. The molecule has 0 radical (unpaired) electrons. The third kappa shape index (κ3) is 2.25. The van der Waals surface area contributed by atoms with Crippen LogP contribution in [0.5, 0.6) is 0 Å². The SMILES string of the molecule is Cc1nc(N2CCCCC2=O)ncc1C(=O)O. The number of aromatic nitrogens is 2. The van der Waals surface area contributed by atoms with Crippen molar-refractivity contribution in [3.8, 4) is 0 Å². The molecule has 6 heteroatoms. The standard InChI is InChI=1S/C11H13N3O3/c1-7-8(10(16)17)6-12-11(13-7)14-5-3-2-4-9(14)15/h6H,2-5H2,1H3,(H,16,17). The van der Waals surface area contributed by atoms with Gasteiger partial charge < -0.3 is 5.11 Å². The Morgan fingerprint density at radius 3 is 2.82 bits per heavy atom. The van der Waals surface area contributed by atoms with Crippen molar-refractivity contribution in [3.63, 3.8) is 0 Å². The lowest BCUT2D eigenvalue weighted by molar-refractivity contribution is -0.119. The van der Waals surface area contributed by atoms with Gasteiger partial charge in [-0.25, -0.2) is 14.8 Å². The number of carboxylic acid groups (broad SMARTS) is 1. The minimum Gasteiger partial charge on any atom is -0.478 e. The first-order chi connectivity index (χ1) is 8.09. The predicted octanol–water partition coefficient (Wildman–Crippen LogP) is 1.00. The van der Waals surface area contributed by atoms with E-state index in [9.17, 15) is 9.59 Å². The smallest absolute Gasteiger partial charge is 0.339 e. The molecular formula is C11H13N3O3. The van der Waals surface area contributed by atoms with Gasteiger partial charge in [-0.1, -0.05) is 0 Å². The van der Waals surface area contributed by atoms with Gasteiger partial charge in [0.15, 0.2) is 0 Å². The van der Waals surface area contributed by atoms with Crippen LogP contribution in [-0.2, 0) is 4.79 Å². The molecular weight excluding hydrogens is 222 g/mol. The summed E-state index contributed by atoms with van der Waals surface area (Å²) in [6.45, 7) is 2.20. The van der Waals surface area contributed by atoms with Crippen molar-refractivity contribution in [2.45, 2.75) is 26.2 Å². The summed E-state index contributed by atoms with van der Waals surface area (Å²) >= 11 is 0. The van der Waals surface area contributed by atoms with Crippen molar-refractivity contribution >= 4 is 17.8 Å². The monoisotopic (exact) mass is 235 g/mol. The van der Waals surface area contributed by atoms with Gasteiger partial charge >= 0.3 is 5.97 Å². The molecule has 0 aromatic carbocycles. The molecule has 1 aromatic rings. The quantitative estimate of drug-likeness (QED) is 0.826. The highest BCUT2D eigenvalue weighted by molar-refractivity contribution is 5.93. The molecule has 6 nitrogen and oxygen atoms in total. The summed E-state index contributed by atoms with van der Waals surface area (Å²) in [6.07, 6.45) is 3.57. The third-order valence-electron chi connectivity index (χ3n) is 2.76. The molecule has 0 bridgehead atoms. The van der Waals surface area contributed by atoms with Crippen LogP contribution in [0.15, 0.2) is 6.20 Å². The van der Waals surface area contributed by atoms with E-state index >= 15 is 0 Å². The molecule has 1 aliphatic heterocycles. The topological polar surface area (TPSA) is 83.4 Å². The van der Waals surface area contributed by atoms with Crippen LogP contribution in [0.1, 0.15) is 35.3 Å². The number of aryl methyl sites for hydroxylation is 1. The minimum atomic E-state index is -1.06. The lowest BCUT2D eigenvalue weighted by Crippen LogP contribution is -2.36. The second-order valence-corrected chi connectivity index (χ2v) is 3.98. The Balaban J connectivity index is 2.30. The number of amides is 1. The van der Waals surface area contributed by atoms with Gasteiger partial charge in [-0.15, -0.1) is 0 Å². The highest BCUT2D eigenvalue weighted by atomic mass is 16.4. The van der Waals surface area contributed by atoms with Gasteiger partial charge in [0.2, 0.25) is 11.9 Å². The molecule has 1 saturated heterocycles. The number of hydrogen-bond acceptors (Lipinski definition) is 4. The second kappa shape index (κ2) is 4.48. The number of aromatic carboxylic acids is 1. The highest BCUT2D eigenvalue weighted by Gasteiger charge is 2.22. The largest absolute Gasteiger partial charge is 0.478 e. The maximum atomic E-state index is 11.7. The van der Waals surface area contributed by atoms with Gasteiger partial charge in [0, 0.05) is 19.2 Å². The summed E-state index contributed by atoms with van der Waals surface area (Å²) in [5, 5.41) is 8.86. The van der Waals surface area contributed by atoms with E-state index in [1.165, 1.54) is 11.1 Å². The zero-order chi connectivity index (χ0) is 12.4. The highest BCUT2D eigenvalue weighted by Crippen LogP contribution is 2.17. The molecule has 0 spiro atoms. The average molecular weight is 235 g/mol. The van der Waals surface area contributed by atoms with Crippen molar-refractivity contribution < 1.29 is 14.7 Å². The van der Waals surface area contributed by atoms with Crippen LogP contribution in [-0.4, -0.2) is 33.5 Å². The first-order valence-corrected chi connectivity index (χ1v) is 5.47. The van der Waals surface area contributed by atoms with E-state index in [2.05, 4.69) is 9.97 Å². The van der Waals surface area contributed by atoms with Gasteiger partial charge in [-0.2, -0.15) is 0 Å². The zero-order valence-electron chi connectivity index (χ0n) is 9.51. The van der Waals surface area contributed by atoms with Crippen LogP contribution in [0.2, 0.25) is 0 Å². The molecule has 1 amide bonds. The molecule has 0 atom stereocenters. The zero-order valence-corrected chi connectivity index (χ0v) is 9.51. The molecule has 0 unspecified atom stereocenters. The van der Waals surface area contributed by atoms with Gasteiger partial charge in [-0.3, -0.25) is 9.69 Å². The summed E-state index contributed by atoms with van der Waals surface area (Å²) in [5.41, 5.74) is 0.444. The van der Waals surface area contributed by atoms with E-state index in [4.69, 9.17) is 5.11 Å². The Hall–Kier alpha value is -1.98. The number of piperidine rings is 1. The van der Waals surface area contributed by atoms with Crippen LogP contribution >= 0.6 is 0 Å². The van der Waals surface area contributed by atoms with Crippen molar-refractivity contribution in [2.24, 2.45) is 0 Å². The summed E-state index contributed by atoms with van der Waals surface area (Å²) in [6, 6.07) is 0. The van der Waals surface area contributed by atoms with Crippen LogP contribution in [0.4, 0.5) is 5.95 Å². The van der Waals surface area contributed by atoms with Gasteiger partial charge in [0.25, 0.3) is 0 Å². The van der Waals surface area contributed by atoms with Gasteiger partial charge in [-0.05, 0) is 19.8 Å². The van der Waals surface area contributed by atoms with E-state index in [0.29, 0.717) is 24.6 Å². The number of carbonyl (C=O) groups excluding carboxylic acids is 1. The molecule has 0 aliphatic carbocycles. The van der Waals surface area contributed by atoms with Crippen molar-refractivity contribution in [3.05, 3.63) is 17.5 Å². The van der Waals surface area contributed by atoms with E-state index in [0.717, 1.165) is 12.8 Å². The lowest BCUT2D eigenvalue weighted by Gasteiger charge is -2.24. The molecule has 2 rings (SSSR count).